The van der Waals surface area contributed by atoms with E-state index in [-0.39, 0.29) is 23.7 Å². The second-order valence-electron chi connectivity index (χ2n) is 7.38. The molecule has 2 unspecified atom stereocenters. The van der Waals surface area contributed by atoms with Gasteiger partial charge in [0, 0.05) is 29.9 Å². The first-order valence-electron chi connectivity index (χ1n) is 9.57. The first-order valence-corrected chi connectivity index (χ1v) is 9.57. The molecule has 1 aliphatic rings. The molecule has 4 rings (SSSR count). The topological polar surface area (TPSA) is 88.3 Å². The van der Waals surface area contributed by atoms with Crippen LogP contribution in [0, 0.1) is 5.92 Å². The Labute approximate surface area is 168 Å². The number of carbonyl (C=O) groups is 2. The molecule has 7 nitrogen and oxygen atoms in total. The van der Waals surface area contributed by atoms with E-state index in [1.165, 1.54) is 6.92 Å². The molecular weight excluding hydrogens is 368 g/mol. The molecule has 1 aliphatic heterocycles. The molecule has 1 aromatic heterocycles. The largest absolute Gasteiger partial charge is 0.339 e. The summed E-state index contributed by atoms with van der Waals surface area (Å²) in [5.41, 5.74) is 2.06. The maximum absolute atomic E-state index is 12.7. The molecular formula is C22H22N4O3. The summed E-state index contributed by atoms with van der Waals surface area (Å²) in [4.78, 5) is 30.5. The molecule has 2 atom stereocenters. The summed E-state index contributed by atoms with van der Waals surface area (Å²) in [7, 11) is 0. The Balaban J connectivity index is 1.45. The summed E-state index contributed by atoms with van der Waals surface area (Å²) in [5.74, 6) is 1.23. The summed E-state index contributed by atoms with van der Waals surface area (Å²) in [6, 6.07) is 16.4. The van der Waals surface area contributed by atoms with Gasteiger partial charge in [0.1, 0.15) is 0 Å². The fourth-order valence-corrected chi connectivity index (χ4v) is 3.56. The van der Waals surface area contributed by atoms with Crippen molar-refractivity contribution in [3.63, 3.8) is 0 Å². The highest BCUT2D eigenvalue weighted by Crippen LogP contribution is 2.32. The smallest absolute Gasteiger partial charge is 0.321 e. The first-order chi connectivity index (χ1) is 14.0. The van der Waals surface area contributed by atoms with Crippen LogP contribution in [-0.4, -0.2) is 39.9 Å². The summed E-state index contributed by atoms with van der Waals surface area (Å²) in [5, 5.41) is 6.96. The summed E-state index contributed by atoms with van der Waals surface area (Å²) in [6.45, 7) is 4.66. The molecule has 2 heterocycles. The minimum atomic E-state index is -0.206. The Morgan fingerprint density at radius 3 is 2.66 bits per heavy atom. The average molecular weight is 390 g/mol. The lowest BCUT2D eigenvalue weighted by molar-refractivity contribution is 0.101. The predicted octanol–water partition coefficient (Wildman–Crippen LogP) is 4.21. The quantitative estimate of drug-likeness (QED) is 0.674. The fourth-order valence-electron chi connectivity index (χ4n) is 3.56. The maximum atomic E-state index is 12.7. The molecule has 1 fully saturated rings. The SMILES string of the molecule is CC(=O)c1cccc(NC(=O)N2CC(C)C(c3nc(-c4ccccc4)no3)C2)c1. The van der Waals surface area contributed by atoms with Gasteiger partial charge in [0.15, 0.2) is 5.78 Å². The molecule has 0 bridgehead atoms. The van der Waals surface area contributed by atoms with Gasteiger partial charge in [-0.15, -0.1) is 0 Å². The Morgan fingerprint density at radius 1 is 1.10 bits per heavy atom. The number of likely N-dealkylation sites (tertiary alicyclic amines) is 1. The van der Waals surface area contributed by atoms with Gasteiger partial charge in [0.25, 0.3) is 0 Å². The third-order valence-electron chi connectivity index (χ3n) is 5.21. The highest BCUT2D eigenvalue weighted by molar-refractivity contribution is 5.96. The van der Waals surface area contributed by atoms with Crippen LogP contribution < -0.4 is 5.32 Å². The van der Waals surface area contributed by atoms with Gasteiger partial charge in [0.05, 0.1) is 5.92 Å². The monoisotopic (exact) mass is 390 g/mol. The first kappa shape index (κ1) is 18.9. The number of benzene rings is 2. The van der Waals surface area contributed by atoms with E-state index < -0.39 is 0 Å². The number of carbonyl (C=O) groups excluding carboxylic acids is 2. The molecule has 0 aliphatic carbocycles. The van der Waals surface area contributed by atoms with Crippen LogP contribution in [0.25, 0.3) is 11.4 Å². The third kappa shape index (κ3) is 4.03. The fraction of sp³-hybridized carbons (Fsp3) is 0.273. The van der Waals surface area contributed by atoms with Crippen LogP contribution in [0.15, 0.2) is 59.1 Å². The number of hydrogen-bond acceptors (Lipinski definition) is 5. The Kier molecular flexibility index (Phi) is 5.12. The minimum Gasteiger partial charge on any atom is -0.339 e. The molecule has 1 saturated heterocycles. The number of amides is 2. The van der Waals surface area contributed by atoms with Crippen LogP contribution in [0.5, 0.6) is 0 Å². The van der Waals surface area contributed by atoms with Crippen LogP contribution in [0.3, 0.4) is 0 Å². The highest BCUT2D eigenvalue weighted by atomic mass is 16.5. The van der Waals surface area contributed by atoms with Gasteiger partial charge in [-0.25, -0.2) is 4.79 Å². The number of hydrogen-bond donors (Lipinski definition) is 1. The molecule has 3 aromatic rings. The lowest BCUT2D eigenvalue weighted by Crippen LogP contribution is -2.33. The van der Waals surface area contributed by atoms with Crippen molar-refractivity contribution >= 4 is 17.5 Å². The lowest BCUT2D eigenvalue weighted by Gasteiger charge is -2.17. The van der Waals surface area contributed by atoms with Crippen molar-refractivity contribution in [2.45, 2.75) is 19.8 Å². The van der Waals surface area contributed by atoms with E-state index >= 15 is 0 Å². The van der Waals surface area contributed by atoms with E-state index in [0.717, 1.165) is 5.56 Å². The molecule has 148 valence electrons. The molecule has 29 heavy (non-hydrogen) atoms. The molecule has 2 aromatic carbocycles. The molecule has 0 saturated carbocycles. The van der Waals surface area contributed by atoms with Crippen molar-refractivity contribution in [3.05, 3.63) is 66.1 Å². The summed E-state index contributed by atoms with van der Waals surface area (Å²) >= 11 is 0. The van der Waals surface area contributed by atoms with Crippen molar-refractivity contribution in [1.29, 1.82) is 0 Å². The standard InChI is InChI=1S/C22H22N4O3/c1-14-12-26(22(28)23-18-10-6-9-17(11-18)15(2)27)13-19(14)21-24-20(25-29-21)16-7-4-3-5-8-16/h3-11,14,19H,12-13H2,1-2H3,(H,23,28). The van der Waals surface area contributed by atoms with Gasteiger partial charge in [-0.1, -0.05) is 54.5 Å². The number of aromatic nitrogens is 2. The van der Waals surface area contributed by atoms with Crippen molar-refractivity contribution < 1.29 is 14.1 Å². The number of rotatable bonds is 4. The Morgan fingerprint density at radius 2 is 1.90 bits per heavy atom. The third-order valence-corrected chi connectivity index (χ3v) is 5.21. The van der Waals surface area contributed by atoms with E-state index in [1.54, 1.807) is 29.2 Å². The second kappa shape index (κ2) is 7.87. The van der Waals surface area contributed by atoms with E-state index in [4.69, 9.17) is 4.52 Å². The summed E-state index contributed by atoms with van der Waals surface area (Å²) < 4.78 is 5.50. The van der Waals surface area contributed by atoms with Gasteiger partial charge >= 0.3 is 6.03 Å². The number of nitrogens with zero attached hydrogens (tertiary/aromatic N) is 3. The van der Waals surface area contributed by atoms with E-state index in [0.29, 0.717) is 36.1 Å². The predicted molar refractivity (Wildman–Crippen MR) is 109 cm³/mol. The van der Waals surface area contributed by atoms with Crippen molar-refractivity contribution in [2.75, 3.05) is 18.4 Å². The molecule has 1 N–H and O–H groups in total. The van der Waals surface area contributed by atoms with Gasteiger partial charge in [0.2, 0.25) is 11.7 Å². The van der Waals surface area contributed by atoms with E-state index in [1.807, 2.05) is 30.3 Å². The average Bonchev–Trinajstić information content (AvgIpc) is 3.35. The van der Waals surface area contributed by atoms with Crippen molar-refractivity contribution in [1.82, 2.24) is 15.0 Å². The summed E-state index contributed by atoms with van der Waals surface area (Å²) in [6.07, 6.45) is 0. The van der Waals surface area contributed by atoms with E-state index in [2.05, 4.69) is 22.4 Å². The normalized spacial score (nSPS) is 18.6. The number of anilines is 1. The van der Waals surface area contributed by atoms with Crippen LogP contribution in [0.1, 0.15) is 36.0 Å². The van der Waals surface area contributed by atoms with E-state index in [9.17, 15) is 9.59 Å². The number of nitrogens with one attached hydrogen (secondary N) is 1. The molecule has 0 radical (unpaired) electrons. The van der Waals surface area contributed by atoms with Crippen molar-refractivity contribution in [2.24, 2.45) is 5.92 Å². The van der Waals surface area contributed by atoms with Gasteiger partial charge in [-0.2, -0.15) is 4.98 Å². The molecule has 7 heteroatoms. The number of ketones is 1. The zero-order valence-electron chi connectivity index (χ0n) is 16.3. The number of urea groups is 1. The van der Waals surface area contributed by atoms with Crippen LogP contribution in [0.2, 0.25) is 0 Å². The zero-order chi connectivity index (χ0) is 20.4. The van der Waals surface area contributed by atoms with Crippen LogP contribution >= 0.6 is 0 Å². The second-order valence-corrected chi connectivity index (χ2v) is 7.38. The molecule has 0 spiro atoms. The lowest BCUT2D eigenvalue weighted by atomic mass is 9.98. The van der Waals surface area contributed by atoms with Crippen LogP contribution in [-0.2, 0) is 0 Å². The number of Topliss-reactive ketones (excluding diaryl/α,β-unsaturated/α-hetero) is 1. The van der Waals surface area contributed by atoms with Gasteiger partial charge in [-0.05, 0) is 25.0 Å². The minimum absolute atomic E-state index is 0.0192. The molecule has 2 amide bonds. The highest BCUT2D eigenvalue weighted by Gasteiger charge is 2.37. The Hall–Kier alpha value is -3.48. The Bertz CT molecular complexity index is 1030. The van der Waals surface area contributed by atoms with Gasteiger partial charge in [-0.3, -0.25) is 4.79 Å². The van der Waals surface area contributed by atoms with Gasteiger partial charge < -0.3 is 14.7 Å². The van der Waals surface area contributed by atoms with Crippen molar-refractivity contribution in [3.8, 4) is 11.4 Å². The van der Waals surface area contributed by atoms with Crippen LogP contribution in [0.4, 0.5) is 10.5 Å². The zero-order valence-corrected chi connectivity index (χ0v) is 16.3. The maximum Gasteiger partial charge on any atom is 0.321 e.